The second-order valence-electron chi connectivity index (χ2n) is 5.31. The van der Waals surface area contributed by atoms with E-state index in [1.165, 1.54) is 6.42 Å². The van der Waals surface area contributed by atoms with E-state index in [2.05, 4.69) is 11.8 Å². The van der Waals surface area contributed by atoms with E-state index in [1.54, 1.807) is 0 Å². The highest BCUT2D eigenvalue weighted by molar-refractivity contribution is 5.79. The molecule has 1 N–H and O–H groups in total. The summed E-state index contributed by atoms with van der Waals surface area (Å²) in [7, 11) is 0. The molecule has 2 saturated heterocycles. The molecule has 2 aliphatic heterocycles. The molecular weight excluding hydrogens is 218 g/mol. The molecule has 0 spiro atoms. The Morgan fingerprint density at radius 1 is 1.47 bits per heavy atom. The van der Waals surface area contributed by atoms with E-state index in [1.807, 2.05) is 0 Å². The molecule has 0 aromatic carbocycles. The molecule has 1 atom stereocenters. The molecule has 4 heteroatoms. The van der Waals surface area contributed by atoms with Crippen molar-refractivity contribution in [3.8, 4) is 0 Å². The fourth-order valence-corrected chi connectivity index (χ4v) is 3.16. The third kappa shape index (κ3) is 2.47. The fraction of sp³-hybridized carbons (Fsp3) is 0.923. The number of rotatable bonds is 3. The number of carbonyl (C=O) groups is 1. The minimum absolute atomic E-state index is 0.583. The van der Waals surface area contributed by atoms with Crippen molar-refractivity contribution in [1.29, 1.82) is 0 Å². The van der Waals surface area contributed by atoms with Gasteiger partial charge < -0.3 is 9.84 Å². The van der Waals surface area contributed by atoms with Crippen molar-refractivity contribution in [1.82, 2.24) is 4.90 Å². The van der Waals surface area contributed by atoms with E-state index in [-0.39, 0.29) is 0 Å². The van der Waals surface area contributed by atoms with Gasteiger partial charge in [0.05, 0.1) is 0 Å². The molecule has 17 heavy (non-hydrogen) atoms. The normalized spacial score (nSPS) is 30.1. The Balaban J connectivity index is 2.12. The molecule has 0 aromatic rings. The first-order valence-corrected chi connectivity index (χ1v) is 6.75. The molecule has 98 valence electrons. The van der Waals surface area contributed by atoms with Gasteiger partial charge in [-0.25, -0.2) is 0 Å². The molecule has 0 bridgehead atoms. The summed E-state index contributed by atoms with van der Waals surface area (Å²) in [4.78, 5) is 13.9. The van der Waals surface area contributed by atoms with Crippen LogP contribution in [-0.2, 0) is 9.53 Å². The monoisotopic (exact) mass is 241 g/mol. The number of likely N-dealkylation sites (tertiary alicyclic amines) is 1. The maximum atomic E-state index is 11.7. The van der Waals surface area contributed by atoms with Crippen molar-refractivity contribution in [3.05, 3.63) is 0 Å². The van der Waals surface area contributed by atoms with E-state index in [0.717, 1.165) is 25.9 Å². The van der Waals surface area contributed by atoms with Crippen molar-refractivity contribution in [2.45, 2.75) is 44.6 Å². The van der Waals surface area contributed by atoms with Crippen molar-refractivity contribution in [3.63, 3.8) is 0 Å². The van der Waals surface area contributed by atoms with Gasteiger partial charge in [0.2, 0.25) is 0 Å². The van der Waals surface area contributed by atoms with Crippen LogP contribution in [0.25, 0.3) is 0 Å². The molecule has 2 heterocycles. The number of ether oxygens (including phenoxy) is 1. The van der Waals surface area contributed by atoms with Gasteiger partial charge in [-0.1, -0.05) is 13.3 Å². The molecule has 2 fully saturated rings. The molecule has 2 aliphatic rings. The summed E-state index contributed by atoms with van der Waals surface area (Å²) in [6, 6.07) is 0. The summed E-state index contributed by atoms with van der Waals surface area (Å²) < 4.78 is 5.33. The van der Waals surface area contributed by atoms with Crippen LogP contribution in [0, 0.1) is 5.92 Å². The Morgan fingerprint density at radius 3 is 2.76 bits per heavy atom. The summed E-state index contributed by atoms with van der Waals surface area (Å²) in [6.45, 7) is 5.25. The fourth-order valence-electron chi connectivity index (χ4n) is 3.16. The van der Waals surface area contributed by atoms with Crippen LogP contribution >= 0.6 is 0 Å². The summed E-state index contributed by atoms with van der Waals surface area (Å²) in [5.41, 5.74) is -0.647. The van der Waals surface area contributed by atoms with E-state index >= 15 is 0 Å². The lowest BCUT2D eigenvalue weighted by atomic mass is 9.84. The van der Waals surface area contributed by atoms with E-state index in [9.17, 15) is 9.90 Å². The molecule has 4 nitrogen and oxygen atoms in total. The summed E-state index contributed by atoms with van der Waals surface area (Å²) >= 11 is 0. The number of carboxylic acid groups (broad SMARTS) is 1. The second-order valence-corrected chi connectivity index (χ2v) is 5.31. The number of carboxylic acids is 1. The molecule has 0 aromatic heterocycles. The maximum absolute atomic E-state index is 11.7. The third-order valence-corrected chi connectivity index (χ3v) is 4.42. The van der Waals surface area contributed by atoms with Crippen LogP contribution in [0.4, 0.5) is 0 Å². The van der Waals surface area contributed by atoms with Gasteiger partial charge in [-0.05, 0) is 38.1 Å². The van der Waals surface area contributed by atoms with Gasteiger partial charge in [0.1, 0.15) is 5.54 Å². The number of piperidine rings is 1. The first-order valence-electron chi connectivity index (χ1n) is 6.75. The van der Waals surface area contributed by atoms with Gasteiger partial charge in [-0.2, -0.15) is 0 Å². The molecule has 0 saturated carbocycles. The summed E-state index contributed by atoms with van der Waals surface area (Å²) in [6.07, 6.45) is 4.81. The maximum Gasteiger partial charge on any atom is 0.324 e. The first kappa shape index (κ1) is 12.8. The van der Waals surface area contributed by atoms with Crippen molar-refractivity contribution < 1.29 is 14.6 Å². The lowest BCUT2D eigenvalue weighted by Gasteiger charge is -2.46. The van der Waals surface area contributed by atoms with Crippen LogP contribution in [-0.4, -0.2) is 47.8 Å². The molecule has 2 rings (SSSR count). The Morgan fingerprint density at radius 2 is 2.18 bits per heavy atom. The molecule has 1 unspecified atom stereocenters. The van der Waals surface area contributed by atoms with Gasteiger partial charge in [0.15, 0.2) is 0 Å². The molecule has 0 amide bonds. The summed E-state index contributed by atoms with van der Waals surface area (Å²) in [5, 5.41) is 9.60. The second kappa shape index (κ2) is 5.36. The Hall–Kier alpha value is -0.610. The third-order valence-electron chi connectivity index (χ3n) is 4.42. The van der Waals surface area contributed by atoms with Crippen LogP contribution in [0.15, 0.2) is 0 Å². The smallest absolute Gasteiger partial charge is 0.324 e. The van der Waals surface area contributed by atoms with E-state index < -0.39 is 11.5 Å². The average molecular weight is 241 g/mol. The van der Waals surface area contributed by atoms with Crippen LogP contribution in [0.1, 0.15) is 39.0 Å². The summed E-state index contributed by atoms with van der Waals surface area (Å²) in [5.74, 6) is 0.0142. The minimum Gasteiger partial charge on any atom is -0.480 e. The topological polar surface area (TPSA) is 49.8 Å². The van der Waals surface area contributed by atoms with E-state index in [4.69, 9.17) is 4.74 Å². The minimum atomic E-state index is -0.655. The van der Waals surface area contributed by atoms with Gasteiger partial charge in [-0.3, -0.25) is 9.69 Å². The highest BCUT2D eigenvalue weighted by Gasteiger charge is 2.46. The van der Waals surface area contributed by atoms with Crippen molar-refractivity contribution in [2.75, 3.05) is 26.3 Å². The Bertz CT molecular complexity index is 274. The number of hydrogen-bond donors (Lipinski definition) is 1. The van der Waals surface area contributed by atoms with Gasteiger partial charge in [-0.15, -0.1) is 0 Å². The zero-order chi connectivity index (χ0) is 12.3. The van der Waals surface area contributed by atoms with Gasteiger partial charge in [0.25, 0.3) is 0 Å². The van der Waals surface area contributed by atoms with Crippen LogP contribution < -0.4 is 0 Å². The van der Waals surface area contributed by atoms with Crippen LogP contribution in [0.5, 0.6) is 0 Å². The first-order chi connectivity index (χ1) is 8.19. The highest BCUT2D eigenvalue weighted by atomic mass is 16.5. The average Bonchev–Trinajstić information content (AvgIpc) is 2.39. The Kier molecular flexibility index (Phi) is 4.05. The van der Waals surface area contributed by atoms with E-state index in [0.29, 0.717) is 32.0 Å². The number of hydrogen-bond acceptors (Lipinski definition) is 3. The predicted octanol–water partition coefficient (Wildman–Crippen LogP) is 1.74. The SMILES string of the molecule is CCC1CCCN(C2(C(=O)O)CCOCC2)C1. The number of nitrogens with zero attached hydrogens (tertiary/aromatic N) is 1. The molecular formula is C13H23NO3. The zero-order valence-electron chi connectivity index (χ0n) is 10.7. The largest absolute Gasteiger partial charge is 0.480 e. The lowest BCUT2D eigenvalue weighted by Crippen LogP contribution is -2.60. The molecule has 0 aliphatic carbocycles. The van der Waals surface area contributed by atoms with Crippen LogP contribution in [0.3, 0.4) is 0 Å². The Labute approximate surface area is 103 Å². The van der Waals surface area contributed by atoms with Crippen molar-refractivity contribution >= 4 is 5.97 Å². The highest BCUT2D eigenvalue weighted by Crippen LogP contribution is 2.33. The lowest BCUT2D eigenvalue weighted by molar-refractivity contribution is -0.160. The standard InChI is InChI=1S/C13H23NO3/c1-2-11-4-3-7-14(10-11)13(12(15)16)5-8-17-9-6-13/h11H,2-10H2,1H3,(H,15,16). The zero-order valence-corrected chi connectivity index (χ0v) is 10.7. The van der Waals surface area contributed by atoms with Crippen molar-refractivity contribution in [2.24, 2.45) is 5.92 Å². The predicted molar refractivity (Wildman–Crippen MR) is 65.0 cm³/mol. The van der Waals surface area contributed by atoms with Gasteiger partial charge in [0, 0.05) is 19.8 Å². The van der Waals surface area contributed by atoms with Crippen LogP contribution in [0.2, 0.25) is 0 Å². The number of aliphatic carboxylic acids is 1. The van der Waals surface area contributed by atoms with Gasteiger partial charge >= 0.3 is 5.97 Å². The molecule has 0 radical (unpaired) electrons. The quantitative estimate of drug-likeness (QED) is 0.817.